The number of ether oxygens (including phenoxy) is 4. The molecule has 34 heavy (non-hydrogen) atoms. The summed E-state index contributed by atoms with van der Waals surface area (Å²) >= 11 is 0. The van der Waals surface area contributed by atoms with E-state index in [1.54, 1.807) is 4.68 Å². The van der Waals surface area contributed by atoms with Crippen LogP contribution in [0.25, 0.3) is 17.1 Å². The molecule has 9 nitrogen and oxygen atoms in total. The number of rotatable bonds is 12. The number of benzene rings is 2. The Morgan fingerprint density at radius 3 is 2.68 bits per heavy atom. The number of anilines is 1. The van der Waals surface area contributed by atoms with E-state index in [-0.39, 0.29) is 18.7 Å². The highest BCUT2D eigenvalue weighted by Gasteiger charge is 2.19. The first-order chi connectivity index (χ1) is 16.7. The molecule has 0 fully saturated rings. The third-order valence-corrected chi connectivity index (χ3v) is 5.28. The van der Waals surface area contributed by atoms with Crippen LogP contribution in [0.15, 0.2) is 42.5 Å². The lowest BCUT2D eigenvalue weighted by molar-refractivity contribution is -0.116. The van der Waals surface area contributed by atoms with Gasteiger partial charge in [0.05, 0.1) is 12.3 Å². The number of carbonyl (C=O) groups excluding carboxylic acids is 1. The molecule has 1 aliphatic rings. The molecule has 2 heterocycles. The lowest BCUT2D eigenvalue weighted by Crippen LogP contribution is -2.11. The molecule has 1 N–H and O–H groups in total. The van der Waals surface area contributed by atoms with Gasteiger partial charge in [-0.2, -0.15) is 4.98 Å². The summed E-state index contributed by atoms with van der Waals surface area (Å²) in [6, 6.07) is 13.4. The van der Waals surface area contributed by atoms with Crippen LogP contribution in [0, 0.1) is 0 Å². The smallest absolute Gasteiger partial charge is 0.336 e. The zero-order valence-electron chi connectivity index (χ0n) is 19.6. The maximum Gasteiger partial charge on any atom is 0.336 e. The van der Waals surface area contributed by atoms with Gasteiger partial charge in [0.15, 0.2) is 17.3 Å². The second-order valence-electron chi connectivity index (χ2n) is 7.80. The molecule has 1 amide bonds. The standard InChI is InChI=1S/C25H30N4O5/c1-3-5-6-7-23(30)26-19-9-11-20(12-10-19)29-24(27-25(28-29)32-15-14-31-4-2)18-8-13-21-22(16-18)34-17-33-21/h8-13,16H,3-7,14-15,17H2,1-2H3,(H,26,30). The molecule has 0 saturated heterocycles. The number of carbonyl (C=O) groups is 1. The predicted octanol–water partition coefficient (Wildman–Crippen LogP) is 4.60. The molecule has 0 radical (unpaired) electrons. The maximum absolute atomic E-state index is 12.1. The van der Waals surface area contributed by atoms with E-state index in [0.29, 0.717) is 43.6 Å². The minimum atomic E-state index is 0.0213. The van der Waals surface area contributed by atoms with E-state index in [4.69, 9.17) is 18.9 Å². The molecule has 0 bridgehead atoms. The van der Waals surface area contributed by atoms with Gasteiger partial charge in [0.1, 0.15) is 6.61 Å². The van der Waals surface area contributed by atoms with Crippen molar-refractivity contribution in [3.05, 3.63) is 42.5 Å². The highest BCUT2D eigenvalue weighted by Crippen LogP contribution is 2.36. The Labute approximate surface area is 199 Å². The third-order valence-electron chi connectivity index (χ3n) is 5.28. The number of amides is 1. The molecule has 2 aromatic carbocycles. The first kappa shape index (κ1) is 23.6. The number of hydrogen-bond donors (Lipinski definition) is 1. The van der Waals surface area contributed by atoms with E-state index in [2.05, 4.69) is 22.3 Å². The van der Waals surface area contributed by atoms with Crippen molar-refractivity contribution in [1.29, 1.82) is 0 Å². The summed E-state index contributed by atoms with van der Waals surface area (Å²) in [7, 11) is 0. The fraction of sp³-hybridized carbons (Fsp3) is 0.400. The Kier molecular flexibility index (Phi) is 7.98. The van der Waals surface area contributed by atoms with Crippen LogP contribution in [0.1, 0.15) is 39.5 Å². The first-order valence-electron chi connectivity index (χ1n) is 11.7. The molecule has 180 valence electrons. The molecule has 0 unspecified atom stereocenters. The van der Waals surface area contributed by atoms with Crippen molar-refractivity contribution in [3.63, 3.8) is 0 Å². The number of nitrogens with one attached hydrogen (secondary N) is 1. The lowest BCUT2D eigenvalue weighted by Gasteiger charge is -2.09. The Balaban J connectivity index is 1.55. The fourth-order valence-corrected chi connectivity index (χ4v) is 3.54. The molecule has 9 heteroatoms. The van der Waals surface area contributed by atoms with E-state index in [1.807, 2.05) is 49.4 Å². The van der Waals surface area contributed by atoms with Crippen molar-refractivity contribution in [3.8, 4) is 34.6 Å². The van der Waals surface area contributed by atoms with E-state index in [0.717, 1.165) is 36.2 Å². The number of aromatic nitrogens is 3. The SMILES string of the molecule is CCCCCC(=O)Nc1ccc(-n2nc(OCCOCC)nc2-c2ccc3c(c2)OCO3)cc1. The highest BCUT2D eigenvalue weighted by atomic mass is 16.7. The van der Waals surface area contributed by atoms with Gasteiger partial charge in [-0.1, -0.05) is 19.8 Å². The lowest BCUT2D eigenvalue weighted by atomic mass is 10.2. The van der Waals surface area contributed by atoms with Crippen molar-refractivity contribution >= 4 is 11.6 Å². The third kappa shape index (κ3) is 5.85. The van der Waals surface area contributed by atoms with Gasteiger partial charge in [0.2, 0.25) is 12.7 Å². The average molecular weight is 467 g/mol. The van der Waals surface area contributed by atoms with E-state index >= 15 is 0 Å². The molecule has 3 aromatic rings. The van der Waals surface area contributed by atoms with Crippen LogP contribution in [0.3, 0.4) is 0 Å². The summed E-state index contributed by atoms with van der Waals surface area (Å²) in [6.07, 6.45) is 3.55. The largest absolute Gasteiger partial charge is 0.460 e. The van der Waals surface area contributed by atoms with Gasteiger partial charge in [0, 0.05) is 24.3 Å². The van der Waals surface area contributed by atoms with Crippen LogP contribution in [0.4, 0.5) is 5.69 Å². The van der Waals surface area contributed by atoms with Crippen molar-refractivity contribution in [1.82, 2.24) is 14.8 Å². The van der Waals surface area contributed by atoms with Crippen LogP contribution in [-0.4, -0.2) is 47.3 Å². The van der Waals surface area contributed by atoms with Gasteiger partial charge >= 0.3 is 6.01 Å². The minimum absolute atomic E-state index is 0.0213. The van der Waals surface area contributed by atoms with Gasteiger partial charge in [0.25, 0.3) is 0 Å². The average Bonchev–Trinajstić information content (AvgIpc) is 3.49. The second-order valence-corrected chi connectivity index (χ2v) is 7.80. The Hall–Kier alpha value is -3.59. The molecule has 0 atom stereocenters. The van der Waals surface area contributed by atoms with Crippen molar-refractivity contribution < 1.29 is 23.7 Å². The number of unbranched alkanes of at least 4 members (excludes halogenated alkanes) is 2. The summed E-state index contributed by atoms with van der Waals surface area (Å²) in [6.45, 7) is 5.67. The van der Waals surface area contributed by atoms with Crippen LogP contribution in [-0.2, 0) is 9.53 Å². The zero-order chi connectivity index (χ0) is 23.8. The van der Waals surface area contributed by atoms with E-state index in [9.17, 15) is 4.79 Å². The number of fused-ring (bicyclic) bond motifs is 1. The fourth-order valence-electron chi connectivity index (χ4n) is 3.54. The van der Waals surface area contributed by atoms with Crippen molar-refractivity contribution in [2.45, 2.75) is 39.5 Å². The summed E-state index contributed by atoms with van der Waals surface area (Å²) in [4.78, 5) is 16.7. The second kappa shape index (κ2) is 11.5. The Morgan fingerprint density at radius 2 is 1.88 bits per heavy atom. The van der Waals surface area contributed by atoms with Gasteiger partial charge in [-0.25, -0.2) is 4.68 Å². The van der Waals surface area contributed by atoms with Crippen molar-refractivity contribution in [2.75, 3.05) is 31.9 Å². The van der Waals surface area contributed by atoms with Crippen LogP contribution >= 0.6 is 0 Å². The summed E-state index contributed by atoms with van der Waals surface area (Å²) in [5, 5.41) is 7.50. The zero-order valence-corrected chi connectivity index (χ0v) is 19.6. The van der Waals surface area contributed by atoms with Crippen molar-refractivity contribution in [2.24, 2.45) is 0 Å². The molecule has 4 rings (SSSR count). The van der Waals surface area contributed by atoms with Gasteiger partial charge < -0.3 is 24.3 Å². The van der Waals surface area contributed by atoms with Crippen LogP contribution in [0.2, 0.25) is 0 Å². The van der Waals surface area contributed by atoms with E-state index in [1.165, 1.54) is 0 Å². The molecular weight excluding hydrogens is 436 g/mol. The Morgan fingerprint density at radius 1 is 1.06 bits per heavy atom. The monoisotopic (exact) mass is 466 g/mol. The molecule has 0 aliphatic carbocycles. The van der Waals surface area contributed by atoms with Gasteiger partial charge in [-0.3, -0.25) is 4.79 Å². The van der Waals surface area contributed by atoms with Gasteiger partial charge in [-0.05, 0) is 55.8 Å². The molecule has 1 aliphatic heterocycles. The first-order valence-corrected chi connectivity index (χ1v) is 11.7. The van der Waals surface area contributed by atoms with Crippen LogP contribution in [0.5, 0.6) is 17.5 Å². The molecule has 1 aromatic heterocycles. The highest BCUT2D eigenvalue weighted by molar-refractivity contribution is 5.90. The quantitative estimate of drug-likeness (QED) is 0.390. The molecule has 0 saturated carbocycles. The normalized spacial score (nSPS) is 12.1. The summed E-state index contributed by atoms with van der Waals surface area (Å²) in [5.74, 6) is 1.98. The summed E-state index contributed by atoms with van der Waals surface area (Å²) in [5.41, 5.74) is 2.33. The molecule has 0 spiro atoms. The van der Waals surface area contributed by atoms with Gasteiger partial charge in [-0.15, -0.1) is 5.10 Å². The van der Waals surface area contributed by atoms with E-state index < -0.39 is 0 Å². The topological polar surface area (TPSA) is 96.7 Å². The summed E-state index contributed by atoms with van der Waals surface area (Å²) < 4.78 is 23.7. The Bertz CT molecular complexity index is 1100. The predicted molar refractivity (Wildman–Crippen MR) is 128 cm³/mol. The number of nitrogens with zero attached hydrogens (tertiary/aromatic N) is 3. The minimum Gasteiger partial charge on any atom is -0.460 e. The van der Waals surface area contributed by atoms with Crippen LogP contribution < -0.4 is 19.5 Å². The maximum atomic E-state index is 12.1. The number of hydrogen-bond acceptors (Lipinski definition) is 7. The molecular formula is C25H30N4O5.